The summed E-state index contributed by atoms with van der Waals surface area (Å²) in [6, 6.07) is 14.4. The Balaban J connectivity index is 1.50. The molecular weight excluding hydrogens is 421 g/mol. The van der Waals surface area contributed by atoms with Gasteiger partial charge in [-0.3, -0.25) is 9.79 Å². The molecule has 0 aliphatic carbocycles. The van der Waals surface area contributed by atoms with Crippen LogP contribution in [0.1, 0.15) is 29.5 Å². The van der Waals surface area contributed by atoms with Crippen molar-refractivity contribution in [3.8, 4) is 5.75 Å². The summed E-state index contributed by atoms with van der Waals surface area (Å²) >= 11 is 0. The minimum Gasteiger partial charge on any atom is -0.484 e. The van der Waals surface area contributed by atoms with E-state index >= 15 is 0 Å². The summed E-state index contributed by atoms with van der Waals surface area (Å²) < 4.78 is 41.4. The number of aliphatic imine (C=N–C) groups is 1. The number of nitrogens with one attached hydrogen (secondary N) is 2. The third-order valence-corrected chi connectivity index (χ3v) is 5.11. The van der Waals surface area contributed by atoms with Crippen molar-refractivity contribution in [1.29, 1.82) is 0 Å². The molecule has 0 saturated carbocycles. The van der Waals surface area contributed by atoms with E-state index in [1.54, 1.807) is 19.2 Å². The van der Waals surface area contributed by atoms with Gasteiger partial charge in [-0.25, -0.2) is 0 Å². The van der Waals surface area contributed by atoms with Crippen molar-refractivity contribution in [2.75, 3.05) is 20.2 Å². The van der Waals surface area contributed by atoms with Crippen molar-refractivity contribution >= 4 is 11.9 Å². The molecule has 172 valence electrons. The van der Waals surface area contributed by atoms with Crippen molar-refractivity contribution in [2.24, 2.45) is 4.99 Å². The van der Waals surface area contributed by atoms with E-state index in [9.17, 15) is 18.0 Å². The summed E-state index contributed by atoms with van der Waals surface area (Å²) in [6.45, 7) is 1.08. The predicted octanol–water partition coefficient (Wildman–Crippen LogP) is 3.62. The maximum atomic E-state index is 12.2. The lowest BCUT2D eigenvalue weighted by Gasteiger charge is -2.19. The first-order valence-corrected chi connectivity index (χ1v) is 10.4. The summed E-state index contributed by atoms with van der Waals surface area (Å²) in [6.07, 6.45) is -2.83. The number of amides is 1. The van der Waals surface area contributed by atoms with Crippen molar-refractivity contribution in [1.82, 2.24) is 15.5 Å². The second-order valence-electron chi connectivity index (χ2n) is 7.51. The molecule has 1 aliphatic heterocycles. The first-order chi connectivity index (χ1) is 15.3. The molecule has 1 heterocycles. The maximum absolute atomic E-state index is 12.2. The highest BCUT2D eigenvalue weighted by Crippen LogP contribution is 2.19. The number of carbonyl (C=O) groups excluding carboxylic acids is 1. The Hall–Kier alpha value is -3.23. The molecule has 2 aromatic carbocycles. The molecule has 1 amide bonds. The highest BCUT2D eigenvalue weighted by molar-refractivity contribution is 5.79. The fraction of sp³-hybridized carbons (Fsp3) is 0.391. The monoisotopic (exact) mass is 448 g/mol. The molecule has 9 heteroatoms. The second kappa shape index (κ2) is 10.9. The molecule has 2 aromatic rings. The van der Waals surface area contributed by atoms with Gasteiger partial charge in [-0.15, -0.1) is 0 Å². The number of guanidine groups is 1. The summed E-state index contributed by atoms with van der Waals surface area (Å²) in [5.74, 6) is 0.955. The van der Waals surface area contributed by atoms with Crippen molar-refractivity contribution in [3.05, 3.63) is 65.2 Å². The summed E-state index contributed by atoms with van der Waals surface area (Å²) in [5.41, 5.74) is 3.06. The van der Waals surface area contributed by atoms with Gasteiger partial charge in [0, 0.05) is 39.6 Å². The Morgan fingerprint density at radius 2 is 1.75 bits per heavy atom. The quantitative estimate of drug-likeness (QED) is 0.478. The van der Waals surface area contributed by atoms with E-state index in [0.717, 1.165) is 29.7 Å². The van der Waals surface area contributed by atoms with Crippen LogP contribution < -0.4 is 15.4 Å². The number of ether oxygens (including phenoxy) is 1. The SMILES string of the molecule is CN=C(NCc1ccc(OCC(F)(F)F)cc1)NCc1ccccc1CN1CCCC1=O. The van der Waals surface area contributed by atoms with Gasteiger partial charge in [-0.2, -0.15) is 13.2 Å². The molecule has 6 nitrogen and oxygen atoms in total. The highest BCUT2D eigenvalue weighted by atomic mass is 19.4. The predicted molar refractivity (Wildman–Crippen MR) is 116 cm³/mol. The smallest absolute Gasteiger partial charge is 0.422 e. The Morgan fingerprint density at radius 1 is 1.06 bits per heavy atom. The van der Waals surface area contributed by atoms with Gasteiger partial charge in [0.2, 0.25) is 5.91 Å². The van der Waals surface area contributed by atoms with Crippen LogP contribution >= 0.6 is 0 Å². The Bertz CT molecular complexity index is 930. The first-order valence-electron chi connectivity index (χ1n) is 10.4. The number of likely N-dealkylation sites (tertiary alicyclic amines) is 1. The van der Waals surface area contributed by atoms with E-state index in [1.165, 1.54) is 12.1 Å². The van der Waals surface area contributed by atoms with Crippen LogP contribution in [0.3, 0.4) is 0 Å². The fourth-order valence-corrected chi connectivity index (χ4v) is 3.42. The molecule has 32 heavy (non-hydrogen) atoms. The van der Waals surface area contributed by atoms with Crippen LogP contribution in [0.5, 0.6) is 5.75 Å². The zero-order valence-electron chi connectivity index (χ0n) is 17.9. The van der Waals surface area contributed by atoms with E-state index < -0.39 is 12.8 Å². The Labute approximate surface area is 185 Å². The first kappa shape index (κ1) is 23.4. The van der Waals surface area contributed by atoms with Crippen molar-refractivity contribution < 1.29 is 22.7 Å². The number of alkyl halides is 3. The minimum absolute atomic E-state index is 0.168. The standard InChI is InChI=1S/C23H27F3N4O2/c1-27-22(28-13-17-8-10-20(11-9-17)32-16-23(24,25)26)29-14-18-5-2-3-6-19(18)15-30-12-4-7-21(30)31/h2-3,5-6,8-11H,4,7,12-16H2,1H3,(H2,27,28,29). The van der Waals surface area contributed by atoms with Crippen LogP contribution in [-0.2, 0) is 24.4 Å². The summed E-state index contributed by atoms with van der Waals surface area (Å²) in [5, 5.41) is 6.45. The zero-order valence-corrected chi connectivity index (χ0v) is 17.9. The maximum Gasteiger partial charge on any atom is 0.422 e. The normalized spacial score (nSPS) is 14.6. The number of nitrogens with zero attached hydrogens (tertiary/aromatic N) is 2. The van der Waals surface area contributed by atoms with Gasteiger partial charge in [-0.1, -0.05) is 36.4 Å². The molecule has 2 N–H and O–H groups in total. The molecule has 0 unspecified atom stereocenters. The third-order valence-electron chi connectivity index (χ3n) is 5.11. The Morgan fingerprint density at radius 3 is 2.38 bits per heavy atom. The number of hydrogen-bond acceptors (Lipinski definition) is 3. The largest absolute Gasteiger partial charge is 0.484 e. The van der Waals surface area contributed by atoms with E-state index in [2.05, 4.69) is 15.6 Å². The average Bonchev–Trinajstić information content (AvgIpc) is 3.18. The zero-order chi connectivity index (χ0) is 23.0. The molecule has 0 bridgehead atoms. The summed E-state index contributed by atoms with van der Waals surface area (Å²) in [4.78, 5) is 18.0. The van der Waals surface area contributed by atoms with Crippen LogP contribution in [-0.4, -0.2) is 43.1 Å². The van der Waals surface area contributed by atoms with Gasteiger partial charge in [0.1, 0.15) is 5.75 Å². The minimum atomic E-state index is -4.36. The van der Waals surface area contributed by atoms with Crippen LogP contribution in [0.15, 0.2) is 53.5 Å². The molecule has 0 radical (unpaired) electrons. The van der Waals surface area contributed by atoms with Gasteiger partial charge in [0.25, 0.3) is 0 Å². The van der Waals surface area contributed by atoms with Crippen molar-refractivity contribution in [3.63, 3.8) is 0 Å². The highest BCUT2D eigenvalue weighted by Gasteiger charge is 2.28. The molecule has 0 spiro atoms. The van der Waals surface area contributed by atoms with Crippen LogP contribution in [0, 0.1) is 0 Å². The van der Waals surface area contributed by atoms with E-state index in [-0.39, 0.29) is 11.7 Å². The number of halogens is 3. The van der Waals surface area contributed by atoms with Gasteiger partial charge >= 0.3 is 6.18 Å². The van der Waals surface area contributed by atoms with Gasteiger partial charge in [0.15, 0.2) is 12.6 Å². The van der Waals surface area contributed by atoms with Gasteiger partial charge in [0.05, 0.1) is 0 Å². The lowest BCUT2D eigenvalue weighted by atomic mass is 10.1. The number of benzene rings is 2. The number of rotatable bonds is 8. The number of carbonyl (C=O) groups is 1. The fourth-order valence-electron chi connectivity index (χ4n) is 3.42. The van der Waals surface area contributed by atoms with Crippen LogP contribution in [0.2, 0.25) is 0 Å². The topological polar surface area (TPSA) is 66.0 Å². The van der Waals surface area contributed by atoms with Gasteiger partial charge in [-0.05, 0) is 35.2 Å². The molecule has 0 atom stereocenters. The van der Waals surface area contributed by atoms with Crippen LogP contribution in [0.25, 0.3) is 0 Å². The molecule has 1 fully saturated rings. The molecule has 3 rings (SSSR count). The summed E-state index contributed by atoms with van der Waals surface area (Å²) in [7, 11) is 1.66. The molecule has 1 aliphatic rings. The third kappa shape index (κ3) is 7.18. The molecule has 1 saturated heterocycles. The van der Waals surface area contributed by atoms with E-state index in [1.807, 2.05) is 29.2 Å². The van der Waals surface area contributed by atoms with E-state index in [4.69, 9.17) is 4.74 Å². The molecule has 0 aromatic heterocycles. The van der Waals surface area contributed by atoms with Crippen molar-refractivity contribution in [2.45, 2.75) is 38.7 Å². The number of hydrogen-bond donors (Lipinski definition) is 2. The van der Waals surface area contributed by atoms with Crippen LogP contribution in [0.4, 0.5) is 13.2 Å². The molecular formula is C23H27F3N4O2. The Kier molecular flexibility index (Phi) is 7.97. The average molecular weight is 448 g/mol. The lowest BCUT2D eigenvalue weighted by Crippen LogP contribution is -2.36. The second-order valence-corrected chi connectivity index (χ2v) is 7.51. The lowest BCUT2D eigenvalue weighted by molar-refractivity contribution is -0.153. The van der Waals surface area contributed by atoms with Gasteiger partial charge < -0.3 is 20.3 Å². The van der Waals surface area contributed by atoms with E-state index in [0.29, 0.717) is 32.0 Å².